The Morgan fingerprint density at radius 3 is 0.941 bits per heavy atom. The first-order valence-corrected chi connectivity index (χ1v) is 29.3. The van der Waals surface area contributed by atoms with Gasteiger partial charge < -0.3 is 14.2 Å². The third-order valence-electron chi connectivity index (χ3n) is 12.8. The maximum Gasteiger partial charge on any atom is 0.306 e. The van der Waals surface area contributed by atoms with Crippen molar-refractivity contribution in [3.8, 4) is 0 Å². The molecule has 0 saturated carbocycles. The highest BCUT2D eigenvalue weighted by atomic mass is 16.6. The van der Waals surface area contributed by atoms with E-state index in [2.05, 4.69) is 81.5 Å². The van der Waals surface area contributed by atoms with Crippen LogP contribution < -0.4 is 0 Å². The molecular weight excluding hydrogens is 841 g/mol. The smallest absolute Gasteiger partial charge is 0.306 e. The van der Waals surface area contributed by atoms with Gasteiger partial charge in [-0.2, -0.15) is 0 Å². The van der Waals surface area contributed by atoms with Crippen molar-refractivity contribution in [3.05, 3.63) is 60.8 Å². The van der Waals surface area contributed by atoms with Gasteiger partial charge in [-0.25, -0.2) is 0 Å². The molecule has 6 nitrogen and oxygen atoms in total. The molecular formula is C62H110O6. The summed E-state index contributed by atoms with van der Waals surface area (Å²) in [7, 11) is 0. The van der Waals surface area contributed by atoms with Gasteiger partial charge in [0.1, 0.15) is 13.2 Å². The number of carbonyl (C=O) groups excluding carboxylic acids is 3. The van der Waals surface area contributed by atoms with Gasteiger partial charge in [0, 0.05) is 19.3 Å². The highest BCUT2D eigenvalue weighted by Gasteiger charge is 2.19. The predicted molar refractivity (Wildman–Crippen MR) is 293 cm³/mol. The summed E-state index contributed by atoms with van der Waals surface area (Å²) in [5, 5.41) is 0. The van der Waals surface area contributed by atoms with E-state index in [1.165, 1.54) is 141 Å². The molecule has 0 fully saturated rings. The third kappa shape index (κ3) is 54.1. The number of esters is 3. The maximum atomic E-state index is 12.8. The molecule has 0 aliphatic carbocycles. The quantitative estimate of drug-likeness (QED) is 0.0262. The summed E-state index contributed by atoms with van der Waals surface area (Å²) in [4.78, 5) is 38.1. The lowest BCUT2D eigenvalue weighted by Crippen LogP contribution is -2.30. The molecule has 0 aliphatic rings. The number of hydrogen-bond acceptors (Lipinski definition) is 6. The highest BCUT2D eigenvalue weighted by molar-refractivity contribution is 5.71. The van der Waals surface area contributed by atoms with Crippen molar-refractivity contribution in [2.75, 3.05) is 13.2 Å². The fraction of sp³-hybridized carbons (Fsp3) is 0.790. The van der Waals surface area contributed by atoms with Crippen molar-refractivity contribution in [2.45, 2.75) is 303 Å². The van der Waals surface area contributed by atoms with Crippen LogP contribution in [0.15, 0.2) is 60.8 Å². The fourth-order valence-electron chi connectivity index (χ4n) is 8.36. The van der Waals surface area contributed by atoms with Crippen molar-refractivity contribution in [1.29, 1.82) is 0 Å². The average Bonchev–Trinajstić information content (AvgIpc) is 3.34. The molecule has 0 spiro atoms. The lowest BCUT2D eigenvalue weighted by Gasteiger charge is -2.18. The summed E-state index contributed by atoms with van der Waals surface area (Å²) < 4.78 is 16.9. The van der Waals surface area contributed by atoms with Gasteiger partial charge in [0.15, 0.2) is 6.10 Å². The van der Waals surface area contributed by atoms with Crippen LogP contribution in [0.1, 0.15) is 297 Å². The average molecular weight is 952 g/mol. The number of rotatable bonds is 53. The molecule has 0 aromatic rings. The summed E-state index contributed by atoms with van der Waals surface area (Å²) in [6.07, 6.45) is 70.7. The number of hydrogen-bond donors (Lipinski definition) is 0. The lowest BCUT2D eigenvalue weighted by molar-refractivity contribution is -0.167. The summed E-state index contributed by atoms with van der Waals surface area (Å²) in [6.45, 7) is 6.49. The van der Waals surface area contributed by atoms with Gasteiger partial charge in [0.05, 0.1) is 0 Å². The van der Waals surface area contributed by atoms with Gasteiger partial charge in [-0.05, 0) is 77.0 Å². The number of allylic oxidation sites excluding steroid dienone is 10. The number of ether oxygens (including phenoxy) is 3. The van der Waals surface area contributed by atoms with Crippen LogP contribution in [0, 0.1) is 0 Å². The van der Waals surface area contributed by atoms with Crippen LogP contribution in [-0.4, -0.2) is 37.2 Å². The lowest BCUT2D eigenvalue weighted by atomic mass is 10.0. The topological polar surface area (TPSA) is 78.9 Å². The van der Waals surface area contributed by atoms with Gasteiger partial charge in [0.2, 0.25) is 0 Å². The zero-order chi connectivity index (χ0) is 49.3. The van der Waals surface area contributed by atoms with E-state index < -0.39 is 6.10 Å². The molecule has 1 unspecified atom stereocenters. The van der Waals surface area contributed by atoms with Gasteiger partial charge in [-0.3, -0.25) is 14.4 Å². The minimum atomic E-state index is -0.788. The molecule has 0 aromatic carbocycles. The third-order valence-corrected chi connectivity index (χ3v) is 12.8. The second-order valence-electron chi connectivity index (χ2n) is 19.5. The van der Waals surface area contributed by atoms with E-state index in [1.54, 1.807) is 0 Å². The summed E-state index contributed by atoms with van der Waals surface area (Å²) in [6, 6.07) is 0. The Bertz CT molecular complexity index is 1230. The monoisotopic (exact) mass is 951 g/mol. The Morgan fingerprint density at radius 2 is 0.588 bits per heavy atom. The predicted octanol–water partition coefficient (Wildman–Crippen LogP) is 19.6. The van der Waals surface area contributed by atoms with E-state index in [4.69, 9.17) is 14.2 Å². The first-order valence-electron chi connectivity index (χ1n) is 29.3. The number of unbranched alkanes of at least 4 members (excludes halogenated alkanes) is 32. The first kappa shape index (κ1) is 65.1. The van der Waals surface area contributed by atoms with Crippen LogP contribution in [0.4, 0.5) is 0 Å². The zero-order valence-electron chi connectivity index (χ0n) is 45.1. The van der Waals surface area contributed by atoms with Crippen molar-refractivity contribution < 1.29 is 28.6 Å². The van der Waals surface area contributed by atoms with Crippen LogP contribution in [0.25, 0.3) is 0 Å². The molecule has 0 aliphatic heterocycles. The first-order chi connectivity index (χ1) is 33.5. The van der Waals surface area contributed by atoms with Crippen LogP contribution >= 0.6 is 0 Å². The van der Waals surface area contributed by atoms with E-state index >= 15 is 0 Å². The maximum absolute atomic E-state index is 12.8. The molecule has 0 saturated heterocycles. The molecule has 0 heterocycles. The summed E-state index contributed by atoms with van der Waals surface area (Å²) in [5.74, 6) is -0.903. The number of carbonyl (C=O) groups is 3. The Morgan fingerprint density at radius 1 is 0.309 bits per heavy atom. The van der Waals surface area contributed by atoms with Gasteiger partial charge >= 0.3 is 17.9 Å². The fourth-order valence-corrected chi connectivity index (χ4v) is 8.36. The van der Waals surface area contributed by atoms with E-state index in [9.17, 15) is 14.4 Å². The Labute approximate surface area is 421 Å². The molecule has 68 heavy (non-hydrogen) atoms. The minimum Gasteiger partial charge on any atom is -0.462 e. The second kappa shape index (κ2) is 56.7. The normalized spacial score (nSPS) is 12.5. The van der Waals surface area contributed by atoms with Gasteiger partial charge in [-0.15, -0.1) is 0 Å². The van der Waals surface area contributed by atoms with Gasteiger partial charge in [0.25, 0.3) is 0 Å². The van der Waals surface area contributed by atoms with Crippen LogP contribution in [-0.2, 0) is 28.6 Å². The highest BCUT2D eigenvalue weighted by Crippen LogP contribution is 2.17. The van der Waals surface area contributed by atoms with Crippen molar-refractivity contribution in [1.82, 2.24) is 0 Å². The zero-order valence-corrected chi connectivity index (χ0v) is 45.1. The molecule has 0 bridgehead atoms. The molecule has 1 atom stereocenters. The van der Waals surface area contributed by atoms with E-state index in [1.807, 2.05) is 0 Å². The molecule has 0 radical (unpaired) electrons. The molecule has 6 heteroatoms. The van der Waals surface area contributed by atoms with Crippen LogP contribution in [0.5, 0.6) is 0 Å². The van der Waals surface area contributed by atoms with Crippen LogP contribution in [0.2, 0.25) is 0 Å². The van der Waals surface area contributed by atoms with E-state index in [-0.39, 0.29) is 31.1 Å². The van der Waals surface area contributed by atoms with Crippen molar-refractivity contribution >= 4 is 17.9 Å². The van der Waals surface area contributed by atoms with Gasteiger partial charge in [-0.1, -0.05) is 261 Å². The minimum absolute atomic E-state index is 0.0834. The van der Waals surface area contributed by atoms with Crippen molar-refractivity contribution in [3.63, 3.8) is 0 Å². The van der Waals surface area contributed by atoms with Crippen LogP contribution in [0.3, 0.4) is 0 Å². The molecule has 394 valence electrons. The molecule has 0 amide bonds. The molecule has 0 N–H and O–H groups in total. The standard InChI is InChI=1S/C62H110O6/c1-4-7-10-13-16-19-22-25-28-29-30-31-32-33-35-37-40-43-46-49-52-55-61(64)67-58-59(57-66-60(63)54-51-48-45-42-39-36-27-24-21-18-15-12-9-6-3)68-62(65)56-53-50-47-44-41-38-34-26-23-20-17-14-11-8-5-2/h8,11,15,17-18,20,24,26-27,34,59H,4-7,9-10,12-14,16,19,21-23,25,28-33,35-58H2,1-3H3/b11-8-,18-15-,20-17-,27-24-,34-26-. The Hall–Kier alpha value is -2.89. The Kier molecular flexibility index (Phi) is 54.3. The summed E-state index contributed by atoms with van der Waals surface area (Å²) in [5.41, 5.74) is 0. The Balaban J connectivity index is 4.33. The second-order valence-corrected chi connectivity index (χ2v) is 19.5. The summed E-state index contributed by atoms with van der Waals surface area (Å²) >= 11 is 0. The SMILES string of the molecule is CC/C=C\C/C=C\C/C=C\CCCCCCCC(=O)OC(COC(=O)CCCCCCC/C=C\C/C=C\CCCC)COC(=O)CCCCCCCCCCCCCCCCCCCCCCC. The largest absolute Gasteiger partial charge is 0.462 e. The van der Waals surface area contributed by atoms with Crippen molar-refractivity contribution in [2.24, 2.45) is 0 Å². The molecule has 0 aromatic heterocycles. The van der Waals surface area contributed by atoms with E-state index in [0.717, 1.165) is 116 Å². The molecule has 0 rings (SSSR count). The van der Waals surface area contributed by atoms with E-state index in [0.29, 0.717) is 19.3 Å².